The van der Waals surface area contributed by atoms with Gasteiger partial charge >= 0.3 is 29.2 Å². The fourth-order valence-electron chi connectivity index (χ4n) is 3.67. The third-order valence-corrected chi connectivity index (χ3v) is 8.43. The van der Waals surface area contributed by atoms with E-state index in [9.17, 15) is 33.1 Å². The second-order valence-electron chi connectivity index (χ2n) is 7.53. The van der Waals surface area contributed by atoms with Crippen molar-refractivity contribution in [3.05, 3.63) is 33.1 Å². The molecular weight excluding hydrogens is 501 g/mol. The summed E-state index contributed by atoms with van der Waals surface area (Å²) in [6, 6.07) is 0.483. The van der Waals surface area contributed by atoms with Crippen LogP contribution in [0.15, 0.2) is 21.9 Å². The lowest BCUT2D eigenvalue weighted by Gasteiger charge is -2.24. The quantitative estimate of drug-likeness (QED) is 0.282. The Balaban J connectivity index is 1.75. The molecule has 1 aromatic rings. The van der Waals surface area contributed by atoms with Gasteiger partial charge in [0.2, 0.25) is 0 Å². The number of nitrogens with one attached hydrogen (secondary N) is 1. The largest absolute Gasteiger partial charge is 0.490 e. The monoisotopic (exact) mass is 522 g/mol. The average Bonchev–Trinajstić information content (AvgIpc) is 3.03. The van der Waals surface area contributed by atoms with Gasteiger partial charge in [-0.3, -0.25) is 18.9 Å². The maximum absolute atomic E-state index is 12.2. The highest BCUT2D eigenvalue weighted by molar-refractivity contribution is 7.66. The molecule has 2 aliphatic rings. The van der Waals surface area contributed by atoms with Gasteiger partial charge in [0.25, 0.3) is 5.56 Å². The zero-order valence-corrected chi connectivity index (χ0v) is 19.2. The zero-order valence-electron chi connectivity index (χ0n) is 16.5. The van der Waals surface area contributed by atoms with Gasteiger partial charge in [0, 0.05) is 18.2 Å². The summed E-state index contributed by atoms with van der Waals surface area (Å²) in [5, 5.41) is 0. The topological polar surface area (TPSA) is 233 Å². The van der Waals surface area contributed by atoms with Gasteiger partial charge in [-0.05, 0) is 20.3 Å². The Morgan fingerprint density at radius 3 is 2.31 bits per heavy atom. The summed E-state index contributed by atoms with van der Waals surface area (Å²) in [4.78, 5) is 61.7. The van der Waals surface area contributed by atoms with Gasteiger partial charge in [-0.2, -0.15) is 8.62 Å². The van der Waals surface area contributed by atoms with Crippen molar-refractivity contribution in [2.75, 3.05) is 6.61 Å². The van der Waals surface area contributed by atoms with Gasteiger partial charge in [-0.15, -0.1) is 0 Å². The Hall–Kier alpha value is -0.990. The van der Waals surface area contributed by atoms with Crippen molar-refractivity contribution in [2.24, 2.45) is 5.92 Å². The van der Waals surface area contributed by atoms with E-state index in [0.29, 0.717) is 0 Å². The fraction of sp³-hybridized carbons (Fsp3) is 0.692. The number of hydrogen-bond acceptors (Lipinski definition) is 10. The van der Waals surface area contributed by atoms with Crippen molar-refractivity contribution >= 4 is 23.5 Å². The molecule has 182 valence electrons. The van der Waals surface area contributed by atoms with Crippen LogP contribution in [-0.4, -0.2) is 53.7 Å². The molecule has 2 fully saturated rings. The van der Waals surface area contributed by atoms with Crippen LogP contribution in [0.5, 0.6) is 0 Å². The summed E-state index contributed by atoms with van der Waals surface area (Å²) in [6.07, 6.45) is -0.0562. The van der Waals surface area contributed by atoms with E-state index in [0.717, 1.165) is 6.07 Å². The molecule has 1 aromatic heterocycles. The second kappa shape index (κ2) is 8.66. The predicted molar refractivity (Wildman–Crippen MR) is 102 cm³/mol. The lowest BCUT2D eigenvalue weighted by atomic mass is 10.1. The number of ether oxygens (including phenoxy) is 2. The van der Waals surface area contributed by atoms with E-state index < -0.39 is 71.3 Å². The standard InChI is InChI=1S/C13H21N2O14P3/c1-13(2)26-10-7(6-25-31(21,22)29-32(23,24)28-30(18,19)20)5-8(11(10)27-13)15-4-3-9(16)14-12(15)17/h3-4,7-8,10-11H,5-6H2,1-2H3,(H,21,22)(H,23,24)(H,14,16,17)(H2,18,19,20). The highest BCUT2D eigenvalue weighted by Gasteiger charge is 2.55. The minimum Gasteiger partial charge on any atom is -0.344 e. The molecule has 32 heavy (non-hydrogen) atoms. The van der Waals surface area contributed by atoms with Crippen LogP contribution >= 0.6 is 23.5 Å². The molecule has 0 aromatic carbocycles. The molecule has 19 heteroatoms. The lowest BCUT2D eigenvalue weighted by Crippen LogP contribution is -2.36. The molecular formula is C13H21N2O14P3. The molecule has 6 unspecified atom stereocenters. The highest BCUT2D eigenvalue weighted by atomic mass is 31.3. The Morgan fingerprint density at radius 1 is 1.09 bits per heavy atom. The molecule has 5 N–H and O–H groups in total. The van der Waals surface area contributed by atoms with E-state index in [1.807, 2.05) is 0 Å². The second-order valence-corrected chi connectivity index (χ2v) is 12.0. The number of phosphoric ester groups is 1. The molecule has 1 saturated heterocycles. The van der Waals surface area contributed by atoms with Gasteiger partial charge in [-0.25, -0.2) is 18.5 Å². The molecule has 0 radical (unpaired) electrons. The predicted octanol–water partition coefficient (Wildman–Crippen LogP) is -0.0390. The Labute approximate surface area is 179 Å². The van der Waals surface area contributed by atoms with E-state index >= 15 is 0 Å². The molecule has 0 bridgehead atoms. The summed E-state index contributed by atoms with van der Waals surface area (Å²) in [5.74, 6) is -1.76. The summed E-state index contributed by atoms with van der Waals surface area (Å²) >= 11 is 0. The number of aromatic nitrogens is 2. The average molecular weight is 522 g/mol. The highest BCUT2D eigenvalue weighted by Crippen LogP contribution is 2.66. The minimum absolute atomic E-state index is 0.118. The SMILES string of the molecule is CC1(C)OC2C(COP(=O)(O)OP(=O)(O)OP(=O)(O)O)CC(n3ccc(=O)[nH]c3=O)C2O1. The van der Waals surface area contributed by atoms with Gasteiger partial charge in [0.05, 0.1) is 18.8 Å². The normalized spacial score (nSPS) is 31.1. The van der Waals surface area contributed by atoms with Gasteiger partial charge in [-0.1, -0.05) is 0 Å². The summed E-state index contributed by atoms with van der Waals surface area (Å²) < 4.78 is 59.1. The molecule has 2 heterocycles. The van der Waals surface area contributed by atoms with Crippen LogP contribution in [0.2, 0.25) is 0 Å². The van der Waals surface area contributed by atoms with Crippen LogP contribution in [0, 0.1) is 5.92 Å². The number of H-pyrrole nitrogens is 1. The third-order valence-electron chi connectivity index (χ3n) is 4.63. The fourth-order valence-corrected chi connectivity index (χ4v) is 6.75. The van der Waals surface area contributed by atoms with Gasteiger partial charge in [0.15, 0.2) is 5.79 Å². The van der Waals surface area contributed by atoms with Crippen molar-refractivity contribution < 1.29 is 55.9 Å². The third kappa shape index (κ3) is 6.32. The first-order valence-electron chi connectivity index (χ1n) is 8.92. The molecule has 1 saturated carbocycles. The smallest absolute Gasteiger partial charge is 0.344 e. The molecule has 16 nitrogen and oxygen atoms in total. The van der Waals surface area contributed by atoms with Crippen molar-refractivity contribution in [3.63, 3.8) is 0 Å². The molecule has 0 amide bonds. The number of phosphoric acid groups is 3. The maximum Gasteiger partial charge on any atom is 0.490 e. The molecule has 0 spiro atoms. The first-order valence-corrected chi connectivity index (χ1v) is 13.4. The van der Waals surface area contributed by atoms with Crippen LogP contribution in [0.4, 0.5) is 0 Å². The summed E-state index contributed by atoms with van der Waals surface area (Å²) in [7, 11) is -16.5. The van der Waals surface area contributed by atoms with Crippen molar-refractivity contribution in [1.29, 1.82) is 0 Å². The summed E-state index contributed by atoms with van der Waals surface area (Å²) in [5.41, 5.74) is -1.31. The minimum atomic E-state index is -5.65. The Bertz CT molecular complexity index is 1120. The molecule has 3 rings (SSSR count). The molecule has 1 aliphatic heterocycles. The van der Waals surface area contributed by atoms with Gasteiger partial charge in [0.1, 0.15) is 6.10 Å². The van der Waals surface area contributed by atoms with E-state index in [1.54, 1.807) is 13.8 Å². The number of hydrogen-bond donors (Lipinski definition) is 5. The number of nitrogens with zero attached hydrogens (tertiary/aromatic N) is 1. The number of aromatic amines is 1. The van der Waals surface area contributed by atoms with Crippen LogP contribution in [0.1, 0.15) is 26.3 Å². The first kappa shape index (κ1) is 25.6. The Kier molecular flexibility index (Phi) is 6.93. The van der Waals surface area contributed by atoms with Crippen molar-refractivity contribution in [2.45, 2.75) is 44.3 Å². The maximum atomic E-state index is 12.2. The van der Waals surface area contributed by atoms with E-state index in [-0.39, 0.29) is 6.42 Å². The number of fused-ring (bicyclic) bond motifs is 1. The van der Waals surface area contributed by atoms with E-state index in [1.165, 1.54) is 10.8 Å². The zero-order chi connectivity index (χ0) is 24.1. The first-order chi connectivity index (χ1) is 14.5. The number of rotatable bonds is 8. The molecule has 1 aliphatic carbocycles. The Morgan fingerprint density at radius 2 is 1.72 bits per heavy atom. The van der Waals surface area contributed by atoms with Crippen molar-refractivity contribution in [1.82, 2.24) is 9.55 Å². The summed E-state index contributed by atoms with van der Waals surface area (Å²) in [6.45, 7) is 2.63. The van der Waals surface area contributed by atoms with Crippen LogP contribution in [-0.2, 0) is 36.3 Å². The van der Waals surface area contributed by atoms with Crippen molar-refractivity contribution in [3.8, 4) is 0 Å². The van der Waals surface area contributed by atoms with Gasteiger partial charge < -0.3 is 29.0 Å². The molecule has 6 atom stereocenters. The van der Waals surface area contributed by atoms with Crippen LogP contribution in [0.25, 0.3) is 0 Å². The van der Waals surface area contributed by atoms with Crippen LogP contribution < -0.4 is 11.2 Å². The lowest BCUT2D eigenvalue weighted by molar-refractivity contribution is -0.161. The van der Waals surface area contributed by atoms with E-state index in [4.69, 9.17) is 23.8 Å². The van der Waals surface area contributed by atoms with E-state index in [2.05, 4.69) is 13.6 Å². The van der Waals surface area contributed by atoms with Crippen LogP contribution in [0.3, 0.4) is 0 Å².